The topological polar surface area (TPSA) is 48.0 Å². The van der Waals surface area contributed by atoms with Gasteiger partial charge in [0.25, 0.3) is 0 Å². The Labute approximate surface area is 117 Å². The lowest BCUT2D eigenvalue weighted by Gasteiger charge is -2.31. The minimum absolute atomic E-state index is 0.142. The molecule has 0 amide bonds. The summed E-state index contributed by atoms with van der Waals surface area (Å²) in [6.07, 6.45) is -0.142. The summed E-state index contributed by atoms with van der Waals surface area (Å²) in [4.78, 5) is 13.2. The van der Waals surface area contributed by atoms with Gasteiger partial charge in [-0.1, -0.05) is 6.07 Å². The predicted molar refractivity (Wildman–Crippen MR) is 70.1 cm³/mol. The summed E-state index contributed by atoms with van der Waals surface area (Å²) in [5.41, 5.74) is 0. The summed E-state index contributed by atoms with van der Waals surface area (Å²) >= 11 is 0. The first-order valence-electron chi connectivity index (χ1n) is 6.46. The lowest BCUT2D eigenvalue weighted by atomic mass is 10.3. The van der Waals surface area contributed by atoms with E-state index in [1.807, 2.05) is 4.90 Å². The van der Waals surface area contributed by atoms with Crippen LogP contribution in [0, 0.1) is 5.82 Å². The molecule has 1 aliphatic rings. The lowest BCUT2D eigenvalue weighted by Crippen LogP contribution is -2.46. The van der Waals surface area contributed by atoms with E-state index >= 15 is 0 Å². The van der Waals surface area contributed by atoms with Crippen LogP contribution in [0.5, 0.6) is 5.75 Å². The van der Waals surface area contributed by atoms with E-state index in [1.54, 1.807) is 12.1 Å². The fraction of sp³-hybridized carbons (Fsp3) is 0.500. The molecule has 2 rings (SSSR count). The number of methoxy groups -OCH3 is 1. The second-order valence-electron chi connectivity index (χ2n) is 4.57. The van der Waals surface area contributed by atoms with Crippen molar-refractivity contribution in [2.45, 2.75) is 6.10 Å². The van der Waals surface area contributed by atoms with E-state index in [1.165, 1.54) is 19.2 Å². The van der Waals surface area contributed by atoms with Crippen LogP contribution in [-0.2, 0) is 14.3 Å². The van der Waals surface area contributed by atoms with Crippen LogP contribution in [0.1, 0.15) is 0 Å². The van der Waals surface area contributed by atoms with Crippen LogP contribution in [0.25, 0.3) is 0 Å². The van der Waals surface area contributed by atoms with Gasteiger partial charge < -0.3 is 14.2 Å². The van der Waals surface area contributed by atoms with Crippen LogP contribution in [0.15, 0.2) is 24.3 Å². The average molecular weight is 283 g/mol. The average Bonchev–Trinajstić information content (AvgIpc) is 2.45. The Balaban J connectivity index is 1.79. The minimum Gasteiger partial charge on any atom is -0.491 e. The molecule has 1 atom stereocenters. The first-order valence-corrected chi connectivity index (χ1v) is 6.46. The molecule has 0 aliphatic carbocycles. The Bertz CT molecular complexity index is 455. The van der Waals surface area contributed by atoms with Gasteiger partial charge in [0.15, 0.2) is 0 Å². The highest BCUT2D eigenvalue weighted by molar-refractivity contribution is 5.71. The highest BCUT2D eigenvalue weighted by Crippen LogP contribution is 2.14. The number of carbonyl (C=O) groups excluding carboxylic acids is 1. The zero-order valence-electron chi connectivity index (χ0n) is 11.4. The van der Waals surface area contributed by atoms with Crippen LogP contribution < -0.4 is 4.74 Å². The van der Waals surface area contributed by atoms with E-state index in [9.17, 15) is 9.18 Å². The van der Waals surface area contributed by atoms with Crippen molar-refractivity contribution in [3.05, 3.63) is 30.1 Å². The largest absolute Gasteiger partial charge is 0.491 e. The van der Waals surface area contributed by atoms with Crippen LogP contribution >= 0.6 is 0 Å². The van der Waals surface area contributed by atoms with Crippen LogP contribution in [0.4, 0.5) is 4.39 Å². The molecular weight excluding hydrogens is 265 g/mol. The molecule has 0 saturated carbocycles. The molecule has 20 heavy (non-hydrogen) atoms. The Hall–Kier alpha value is -1.66. The number of halogens is 1. The predicted octanol–water partition coefficient (Wildman–Crippen LogP) is 1.08. The van der Waals surface area contributed by atoms with Crippen molar-refractivity contribution in [3.63, 3.8) is 0 Å². The van der Waals surface area contributed by atoms with E-state index in [4.69, 9.17) is 9.47 Å². The molecule has 1 fully saturated rings. The smallest absolute Gasteiger partial charge is 0.319 e. The Kier molecular flexibility index (Phi) is 5.31. The molecule has 0 spiro atoms. The molecule has 0 unspecified atom stereocenters. The first kappa shape index (κ1) is 14.7. The van der Waals surface area contributed by atoms with Crippen molar-refractivity contribution in [2.75, 3.05) is 40.0 Å². The molecular formula is C14H18FNO4. The molecule has 0 aromatic heterocycles. The van der Waals surface area contributed by atoms with Crippen molar-refractivity contribution in [2.24, 2.45) is 0 Å². The summed E-state index contributed by atoms with van der Waals surface area (Å²) in [6, 6.07) is 5.98. The van der Waals surface area contributed by atoms with Gasteiger partial charge in [-0.05, 0) is 12.1 Å². The summed E-state index contributed by atoms with van der Waals surface area (Å²) in [5, 5.41) is 0. The molecule has 1 aliphatic heterocycles. The second kappa shape index (κ2) is 7.21. The third kappa shape index (κ3) is 4.47. The Morgan fingerprint density at radius 2 is 2.40 bits per heavy atom. The number of rotatable bonds is 5. The first-order chi connectivity index (χ1) is 9.67. The maximum Gasteiger partial charge on any atom is 0.319 e. The van der Waals surface area contributed by atoms with E-state index in [2.05, 4.69) is 4.74 Å². The summed E-state index contributed by atoms with van der Waals surface area (Å²) < 4.78 is 28.7. The van der Waals surface area contributed by atoms with Gasteiger partial charge in [-0.3, -0.25) is 9.69 Å². The number of ether oxygens (including phenoxy) is 3. The highest BCUT2D eigenvalue weighted by atomic mass is 19.1. The molecule has 1 aromatic rings. The molecule has 6 heteroatoms. The van der Waals surface area contributed by atoms with Gasteiger partial charge in [0.1, 0.15) is 24.3 Å². The monoisotopic (exact) mass is 283 g/mol. The molecule has 1 aromatic carbocycles. The van der Waals surface area contributed by atoms with E-state index in [-0.39, 0.29) is 24.4 Å². The number of esters is 1. The van der Waals surface area contributed by atoms with Gasteiger partial charge in [-0.15, -0.1) is 0 Å². The zero-order valence-corrected chi connectivity index (χ0v) is 11.4. The van der Waals surface area contributed by atoms with Gasteiger partial charge in [0.2, 0.25) is 0 Å². The number of morpholine rings is 1. The normalized spacial score (nSPS) is 19.6. The fourth-order valence-electron chi connectivity index (χ4n) is 2.02. The fourth-order valence-corrected chi connectivity index (χ4v) is 2.02. The van der Waals surface area contributed by atoms with Gasteiger partial charge in [-0.2, -0.15) is 0 Å². The Morgan fingerprint density at radius 1 is 1.55 bits per heavy atom. The molecule has 0 bridgehead atoms. The minimum atomic E-state index is -0.334. The van der Waals surface area contributed by atoms with Crippen molar-refractivity contribution in [3.8, 4) is 5.75 Å². The number of hydrogen-bond donors (Lipinski definition) is 0. The van der Waals surface area contributed by atoms with Gasteiger partial charge >= 0.3 is 5.97 Å². The van der Waals surface area contributed by atoms with Crippen molar-refractivity contribution in [1.29, 1.82) is 0 Å². The summed E-state index contributed by atoms with van der Waals surface area (Å²) in [7, 11) is 1.37. The van der Waals surface area contributed by atoms with Crippen molar-refractivity contribution >= 4 is 5.97 Å². The number of nitrogens with zero attached hydrogens (tertiary/aromatic N) is 1. The van der Waals surface area contributed by atoms with E-state index in [0.29, 0.717) is 32.1 Å². The summed E-state index contributed by atoms with van der Waals surface area (Å²) in [6.45, 7) is 2.38. The third-order valence-corrected chi connectivity index (χ3v) is 3.04. The Morgan fingerprint density at radius 3 is 3.15 bits per heavy atom. The number of benzene rings is 1. The van der Waals surface area contributed by atoms with Crippen LogP contribution in [-0.4, -0.2) is 56.9 Å². The lowest BCUT2D eigenvalue weighted by molar-refractivity contribution is -0.144. The maximum absolute atomic E-state index is 13.0. The van der Waals surface area contributed by atoms with E-state index in [0.717, 1.165) is 0 Å². The van der Waals surface area contributed by atoms with Crippen molar-refractivity contribution < 1.29 is 23.4 Å². The third-order valence-electron chi connectivity index (χ3n) is 3.04. The zero-order chi connectivity index (χ0) is 14.4. The van der Waals surface area contributed by atoms with Crippen LogP contribution in [0.2, 0.25) is 0 Å². The number of hydrogen-bond acceptors (Lipinski definition) is 5. The molecule has 1 saturated heterocycles. The second-order valence-corrected chi connectivity index (χ2v) is 4.57. The van der Waals surface area contributed by atoms with Gasteiger partial charge in [0.05, 0.1) is 20.3 Å². The van der Waals surface area contributed by atoms with Gasteiger partial charge in [-0.25, -0.2) is 4.39 Å². The van der Waals surface area contributed by atoms with Crippen LogP contribution in [0.3, 0.4) is 0 Å². The maximum atomic E-state index is 13.0. The highest BCUT2D eigenvalue weighted by Gasteiger charge is 2.22. The molecule has 0 radical (unpaired) electrons. The molecule has 1 heterocycles. The van der Waals surface area contributed by atoms with Crippen molar-refractivity contribution in [1.82, 2.24) is 4.90 Å². The van der Waals surface area contributed by atoms with Gasteiger partial charge in [0, 0.05) is 19.2 Å². The molecule has 110 valence electrons. The SMILES string of the molecule is COC(=O)CN1CCO[C@H](COc2cccc(F)c2)C1. The quantitative estimate of drug-likeness (QED) is 0.757. The molecule has 5 nitrogen and oxygen atoms in total. The summed E-state index contributed by atoms with van der Waals surface area (Å²) in [5.74, 6) is -0.130. The molecule has 0 N–H and O–H groups in total. The van der Waals surface area contributed by atoms with E-state index < -0.39 is 0 Å². The standard InChI is InChI=1S/C14H18FNO4/c1-18-14(17)9-16-5-6-19-13(8-16)10-20-12-4-2-3-11(15)7-12/h2-4,7,13H,5-6,8-10H2,1H3/t13-/m0/s1. The number of carbonyl (C=O) groups is 1.